The van der Waals surface area contributed by atoms with Gasteiger partial charge in [0, 0.05) is 30.1 Å². The Kier molecular flexibility index (Phi) is 16.1. The molecule has 8 rings (SSSR count). The predicted molar refractivity (Wildman–Crippen MR) is 276 cm³/mol. The van der Waals surface area contributed by atoms with Gasteiger partial charge in [0.25, 0.3) is 0 Å². The first-order chi connectivity index (χ1) is 36.4. The fourth-order valence-electron chi connectivity index (χ4n) is 11.4. The molecular formula is C58H65NO17S. The summed E-state index contributed by atoms with van der Waals surface area (Å²) >= 11 is 1.28. The first-order valence-corrected chi connectivity index (χ1v) is 26.3. The van der Waals surface area contributed by atoms with Gasteiger partial charge in [-0.25, -0.2) is 19.2 Å². The number of Topliss-reactive ketones (excluding diaryl/α,β-unsaturated/α-hetero) is 1. The molecule has 77 heavy (non-hydrogen) atoms. The van der Waals surface area contributed by atoms with Crippen LogP contribution in [0.5, 0.6) is 0 Å². The van der Waals surface area contributed by atoms with E-state index in [1.165, 1.54) is 30.4 Å². The molecule has 2 bridgehead atoms. The van der Waals surface area contributed by atoms with E-state index in [1.54, 1.807) is 145 Å². The lowest BCUT2D eigenvalue weighted by molar-refractivity contribution is -0.346. The number of nitrogens with one attached hydrogen (secondary N) is 1. The van der Waals surface area contributed by atoms with Crippen LogP contribution in [0, 0.1) is 22.7 Å². The topological polar surface area (TPSA) is 235 Å². The molecule has 3 aliphatic carbocycles. The molecule has 2 heterocycles. The zero-order valence-corrected chi connectivity index (χ0v) is 45.3. The SMILES string of the molecule is CC(=O)O[C@@]12CO[C@@H]1C[C@H](OC(=O)OCc1ccccc1)[C@@]1(C)C(=O)[C@H](OC(=O)OCc3ccccc3)C3=C(C)[C@@H](OC(=O)[C@H](C)[C@@H](NC(=O)OC(C)(C)C)c4cccs4)C[C@@](O)([C@@H](OC(=O)c4ccccc4)C12)C3(C)C. The third kappa shape index (κ3) is 11.2. The molecule has 0 radical (unpaired) electrons. The van der Waals surface area contributed by atoms with Crippen molar-refractivity contribution in [2.24, 2.45) is 22.7 Å². The summed E-state index contributed by atoms with van der Waals surface area (Å²) < 4.78 is 54.7. The van der Waals surface area contributed by atoms with E-state index in [0.29, 0.717) is 16.0 Å². The molecule has 1 aliphatic heterocycles. The van der Waals surface area contributed by atoms with Crippen LogP contribution >= 0.6 is 11.3 Å². The molecule has 1 aromatic heterocycles. The molecule has 2 saturated carbocycles. The number of ether oxygens (including phenoxy) is 9. The van der Waals surface area contributed by atoms with Crippen molar-refractivity contribution < 1.29 is 81.3 Å². The van der Waals surface area contributed by atoms with Crippen molar-refractivity contribution in [3.05, 3.63) is 141 Å². The Labute approximate surface area is 450 Å². The average Bonchev–Trinajstić information content (AvgIpc) is 4.01. The maximum Gasteiger partial charge on any atom is 0.509 e. The lowest BCUT2D eigenvalue weighted by Crippen LogP contribution is -2.82. The van der Waals surface area contributed by atoms with E-state index in [2.05, 4.69) is 5.32 Å². The number of hydrogen-bond donors (Lipinski definition) is 2. The normalized spacial score (nSPS) is 27.9. The highest BCUT2D eigenvalue weighted by atomic mass is 32.1. The van der Waals surface area contributed by atoms with Gasteiger partial charge in [-0.15, -0.1) is 11.3 Å². The van der Waals surface area contributed by atoms with Crippen LogP contribution in [0.3, 0.4) is 0 Å². The Morgan fingerprint density at radius 1 is 0.805 bits per heavy atom. The number of esters is 3. The quantitative estimate of drug-likeness (QED) is 0.0680. The van der Waals surface area contributed by atoms with Gasteiger partial charge in [0.2, 0.25) is 0 Å². The Morgan fingerprint density at radius 3 is 1.92 bits per heavy atom. The van der Waals surface area contributed by atoms with Gasteiger partial charge in [0.05, 0.1) is 35.5 Å². The highest BCUT2D eigenvalue weighted by molar-refractivity contribution is 7.10. The fourth-order valence-corrected chi connectivity index (χ4v) is 12.3. The number of carbonyl (C=O) groups is 7. The van der Waals surface area contributed by atoms with Gasteiger partial charge in [-0.3, -0.25) is 14.4 Å². The Bertz CT molecular complexity index is 2870. The molecule has 1 unspecified atom stereocenters. The molecule has 3 aromatic carbocycles. The van der Waals surface area contributed by atoms with Gasteiger partial charge in [0.1, 0.15) is 48.8 Å². The number of thiophene rings is 1. The van der Waals surface area contributed by atoms with Crippen molar-refractivity contribution in [2.45, 2.75) is 142 Å². The van der Waals surface area contributed by atoms with Crippen LogP contribution in [0.1, 0.15) is 108 Å². The number of carbonyl (C=O) groups excluding carboxylic acids is 7. The Hall–Kier alpha value is -7.09. The van der Waals surface area contributed by atoms with Crippen LogP contribution in [0.2, 0.25) is 0 Å². The highest BCUT2D eigenvalue weighted by Gasteiger charge is 2.79. The van der Waals surface area contributed by atoms with Crippen molar-refractivity contribution in [1.82, 2.24) is 5.32 Å². The van der Waals surface area contributed by atoms with Crippen molar-refractivity contribution in [1.29, 1.82) is 0 Å². The van der Waals surface area contributed by atoms with Gasteiger partial charge in [-0.1, -0.05) is 98.8 Å². The number of amides is 1. The van der Waals surface area contributed by atoms with E-state index < -0.39 is 125 Å². The molecular weight excluding hydrogens is 1010 g/mol. The maximum atomic E-state index is 16.6. The van der Waals surface area contributed by atoms with Crippen molar-refractivity contribution in [3.8, 4) is 0 Å². The largest absolute Gasteiger partial charge is 0.509 e. The van der Waals surface area contributed by atoms with E-state index in [9.17, 15) is 33.9 Å². The molecule has 11 atom stereocenters. The summed E-state index contributed by atoms with van der Waals surface area (Å²) in [5.41, 5.74) is -7.91. The fraction of sp³-hybridized carbons (Fsp3) is 0.466. The maximum absolute atomic E-state index is 16.6. The number of fused-ring (bicyclic) bond motifs is 5. The molecule has 1 saturated heterocycles. The van der Waals surface area contributed by atoms with Crippen LogP contribution in [-0.4, -0.2) is 101 Å². The van der Waals surface area contributed by atoms with Crippen LogP contribution < -0.4 is 5.32 Å². The smallest absolute Gasteiger partial charge is 0.457 e. The monoisotopic (exact) mass is 1080 g/mol. The number of aliphatic hydroxyl groups is 1. The second-order valence-electron chi connectivity index (χ2n) is 21.8. The van der Waals surface area contributed by atoms with E-state index in [0.717, 1.165) is 6.92 Å². The molecule has 1 amide bonds. The first-order valence-electron chi connectivity index (χ1n) is 25.4. The average molecular weight is 1080 g/mol. The molecule has 4 aromatic rings. The molecule has 0 spiro atoms. The van der Waals surface area contributed by atoms with Gasteiger partial charge in [0.15, 0.2) is 17.5 Å². The van der Waals surface area contributed by atoms with Gasteiger partial charge in [-0.05, 0) is 87.4 Å². The summed E-state index contributed by atoms with van der Waals surface area (Å²) in [7, 11) is 0. The summed E-state index contributed by atoms with van der Waals surface area (Å²) in [6.07, 6.45) is -12.3. The second-order valence-corrected chi connectivity index (χ2v) is 22.7. The number of alkyl carbamates (subject to hydrolysis) is 1. The summed E-state index contributed by atoms with van der Waals surface area (Å²) in [6.45, 7) is 13.0. The summed E-state index contributed by atoms with van der Waals surface area (Å²) in [4.78, 5) is 102. The lowest BCUT2D eigenvalue weighted by atomic mass is 9.44. The number of hydrogen-bond acceptors (Lipinski definition) is 18. The highest BCUT2D eigenvalue weighted by Crippen LogP contribution is 2.65. The van der Waals surface area contributed by atoms with Crippen molar-refractivity contribution in [2.75, 3.05) is 6.61 Å². The first kappa shape index (κ1) is 56.1. The number of rotatable bonds is 14. The number of ketones is 1. The lowest BCUT2D eigenvalue weighted by Gasteiger charge is -2.67. The van der Waals surface area contributed by atoms with Gasteiger partial charge < -0.3 is 53.1 Å². The van der Waals surface area contributed by atoms with Crippen LogP contribution in [0.4, 0.5) is 14.4 Å². The summed E-state index contributed by atoms with van der Waals surface area (Å²) in [5, 5.41) is 18.8. The Morgan fingerprint density at radius 2 is 1.39 bits per heavy atom. The molecule has 19 heteroatoms. The summed E-state index contributed by atoms with van der Waals surface area (Å²) in [5.74, 6) is -6.40. The van der Waals surface area contributed by atoms with E-state index in [4.69, 9.17) is 42.6 Å². The molecule has 4 aliphatic rings. The van der Waals surface area contributed by atoms with E-state index >= 15 is 4.79 Å². The third-order valence-electron chi connectivity index (χ3n) is 15.4. The second kappa shape index (κ2) is 22.1. The number of benzene rings is 3. The summed E-state index contributed by atoms with van der Waals surface area (Å²) in [6, 6.07) is 27.8. The van der Waals surface area contributed by atoms with Crippen LogP contribution in [0.25, 0.3) is 0 Å². The van der Waals surface area contributed by atoms with Gasteiger partial charge >= 0.3 is 36.3 Å². The Balaban J connectivity index is 1.31. The predicted octanol–water partition coefficient (Wildman–Crippen LogP) is 9.32. The minimum Gasteiger partial charge on any atom is -0.457 e. The zero-order valence-electron chi connectivity index (χ0n) is 44.4. The molecule has 2 N–H and O–H groups in total. The van der Waals surface area contributed by atoms with Crippen molar-refractivity contribution >= 4 is 53.4 Å². The van der Waals surface area contributed by atoms with Gasteiger partial charge in [-0.2, -0.15) is 0 Å². The zero-order chi connectivity index (χ0) is 55.7. The third-order valence-corrected chi connectivity index (χ3v) is 16.3. The molecule has 18 nitrogen and oxygen atoms in total. The van der Waals surface area contributed by atoms with E-state index in [1.807, 2.05) is 0 Å². The van der Waals surface area contributed by atoms with Crippen LogP contribution in [-0.2, 0) is 70.2 Å². The van der Waals surface area contributed by atoms with Crippen LogP contribution in [0.15, 0.2) is 120 Å². The molecule has 410 valence electrons. The minimum absolute atomic E-state index is 0.0408. The van der Waals surface area contributed by atoms with E-state index in [-0.39, 0.29) is 43.0 Å². The standard InChI is InChI=1S/C58H65NO17S/c1-33-39(71-49(62)34(2)44(40-26-19-27-77-40)59-51(64)76-54(4,5)6)29-58(67)48(74-50(63)38-24-17-12-18-25-38)46-56(9,47(61)45(43(33)55(58,7)8)73-53(66)69-31-37-22-15-11-16-23-37)41(28-42-57(46,32-70-42)75-35(3)60)72-52(65)68-30-36-20-13-10-14-21-36/h10-27,34,39,41-42,44-46,48,67H,28-32H2,1-9H3,(H,59,64)/t34-,39+,41+,42-,44-,45-,46?,48+,56-,57+,58-/m1/s1. The molecule has 3 fully saturated rings. The van der Waals surface area contributed by atoms with Crippen molar-refractivity contribution in [3.63, 3.8) is 0 Å². The minimum atomic E-state index is -2.48.